The molecule has 3 aromatic heterocycles. The van der Waals surface area contributed by atoms with Gasteiger partial charge in [-0.15, -0.1) is 11.3 Å². The van der Waals surface area contributed by atoms with Gasteiger partial charge in [-0.25, -0.2) is 9.97 Å². The van der Waals surface area contributed by atoms with Crippen LogP contribution in [-0.2, 0) is 4.74 Å². The molecule has 0 saturated heterocycles. The van der Waals surface area contributed by atoms with E-state index >= 15 is 0 Å². The number of aliphatic hydroxyl groups is 3. The molecule has 194 valence electrons. The zero-order valence-electron chi connectivity index (χ0n) is 20.6. The van der Waals surface area contributed by atoms with Crippen LogP contribution in [0.2, 0.25) is 0 Å². The molecule has 0 spiro atoms. The number of rotatable bonds is 9. The summed E-state index contributed by atoms with van der Waals surface area (Å²) in [7, 11) is 0. The van der Waals surface area contributed by atoms with Crippen molar-refractivity contribution in [2.24, 2.45) is 5.92 Å². The number of nitrogens with zero attached hydrogens (tertiary/aromatic N) is 4. The van der Waals surface area contributed by atoms with Gasteiger partial charge in [0.15, 0.2) is 0 Å². The molecule has 3 aromatic rings. The van der Waals surface area contributed by atoms with Crippen LogP contribution in [0.1, 0.15) is 43.5 Å². The molecule has 5 N–H and O–H groups in total. The van der Waals surface area contributed by atoms with E-state index in [0.717, 1.165) is 45.0 Å². The largest absolute Gasteiger partial charge is 0.396 e. The number of hydrogen-bond acceptors (Lipinski definition) is 11. The molecule has 0 radical (unpaired) electrons. The number of fused-ring (bicyclic) bond motifs is 1. The normalized spacial score (nSPS) is 24.6. The molecule has 0 amide bonds. The van der Waals surface area contributed by atoms with E-state index in [4.69, 9.17) is 19.7 Å². The van der Waals surface area contributed by atoms with Crippen molar-refractivity contribution in [3.8, 4) is 10.6 Å². The molecule has 2 saturated carbocycles. The predicted molar refractivity (Wildman–Crippen MR) is 139 cm³/mol. The van der Waals surface area contributed by atoms with Crippen molar-refractivity contribution in [3.63, 3.8) is 0 Å². The summed E-state index contributed by atoms with van der Waals surface area (Å²) in [6.45, 7) is 4.81. The highest BCUT2D eigenvalue weighted by molar-refractivity contribution is 7.21. The lowest BCUT2D eigenvalue weighted by molar-refractivity contribution is 0.00446. The van der Waals surface area contributed by atoms with Crippen molar-refractivity contribution in [3.05, 3.63) is 23.7 Å². The smallest absolute Gasteiger partial charge is 0.224 e. The number of pyridine rings is 1. The van der Waals surface area contributed by atoms with E-state index in [0.29, 0.717) is 37.4 Å². The van der Waals surface area contributed by atoms with E-state index in [1.807, 2.05) is 19.9 Å². The summed E-state index contributed by atoms with van der Waals surface area (Å²) >= 11 is 1.54. The van der Waals surface area contributed by atoms with Crippen LogP contribution in [0.3, 0.4) is 0 Å². The lowest BCUT2D eigenvalue weighted by Crippen LogP contribution is -2.35. The maximum absolute atomic E-state index is 10.6. The maximum Gasteiger partial charge on any atom is 0.224 e. The van der Waals surface area contributed by atoms with Gasteiger partial charge >= 0.3 is 0 Å². The molecule has 2 fully saturated rings. The summed E-state index contributed by atoms with van der Waals surface area (Å²) in [4.78, 5) is 18.6. The minimum atomic E-state index is -1.02. The summed E-state index contributed by atoms with van der Waals surface area (Å²) in [5.74, 6) is 0.589. The van der Waals surface area contributed by atoms with E-state index < -0.39 is 24.2 Å². The molecule has 11 heteroatoms. The first-order valence-electron chi connectivity index (χ1n) is 12.6. The lowest BCUT2D eigenvalue weighted by Gasteiger charge is -2.21. The van der Waals surface area contributed by atoms with E-state index in [2.05, 4.69) is 15.6 Å². The third kappa shape index (κ3) is 5.16. The lowest BCUT2D eigenvalue weighted by atomic mass is 10.1. The van der Waals surface area contributed by atoms with Gasteiger partial charge in [-0.3, -0.25) is 4.98 Å². The Labute approximate surface area is 214 Å². The third-order valence-electron chi connectivity index (χ3n) is 7.19. The zero-order chi connectivity index (χ0) is 25.2. The standard InChI is InChI=1S/C25H34N6O4S/c1-13-19(24-30-20-14(2)26-8-7-18(20)36-24)23(29-17-11-15(12-32)21(33)22(17)34)31-25(28-13)27-9-10-35-16-5-3-4-6-16/h7-8,15-17,21-22,32-34H,3-6,9-12H2,1-2H3,(H2,27,28,29,31)/t15-,17-,21-,22+/m1/s1. The van der Waals surface area contributed by atoms with Crippen LogP contribution in [0.4, 0.5) is 11.8 Å². The number of thiazole rings is 1. The zero-order valence-corrected chi connectivity index (χ0v) is 21.5. The van der Waals surface area contributed by atoms with Gasteiger partial charge in [0.05, 0.1) is 46.5 Å². The van der Waals surface area contributed by atoms with Gasteiger partial charge in [-0.2, -0.15) is 4.98 Å². The van der Waals surface area contributed by atoms with Gasteiger partial charge in [-0.1, -0.05) is 12.8 Å². The molecule has 2 aliphatic carbocycles. The number of ether oxygens (including phenoxy) is 1. The Balaban J connectivity index is 1.43. The third-order valence-corrected chi connectivity index (χ3v) is 8.23. The Morgan fingerprint density at radius 3 is 2.61 bits per heavy atom. The fourth-order valence-electron chi connectivity index (χ4n) is 5.17. The van der Waals surface area contributed by atoms with Crippen LogP contribution >= 0.6 is 11.3 Å². The number of nitrogens with one attached hydrogen (secondary N) is 2. The van der Waals surface area contributed by atoms with Crippen molar-refractivity contribution < 1.29 is 20.1 Å². The van der Waals surface area contributed by atoms with Crippen LogP contribution in [-0.4, -0.2) is 79.4 Å². The molecule has 0 unspecified atom stereocenters. The number of aryl methyl sites for hydroxylation is 2. The molecule has 0 aromatic carbocycles. The van der Waals surface area contributed by atoms with Gasteiger partial charge in [0, 0.05) is 25.3 Å². The summed E-state index contributed by atoms with van der Waals surface area (Å²) < 4.78 is 6.97. The number of hydrogen-bond donors (Lipinski definition) is 5. The molecule has 2 aliphatic rings. The second-order valence-corrected chi connectivity index (χ2v) is 10.8. The first-order valence-corrected chi connectivity index (χ1v) is 13.5. The average molecular weight is 515 g/mol. The van der Waals surface area contributed by atoms with Gasteiger partial charge < -0.3 is 30.7 Å². The summed E-state index contributed by atoms with van der Waals surface area (Å²) in [6.07, 6.45) is 5.23. The fourth-order valence-corrected chi connectivity index (χ4v) is 6.28. The molecule has 10 nitrogen and oxygen atoms in total. The molecule has 4 atom stereocenters. The van der Waals surface area contributed by atoms with E-state index in [-0.39, 0.29) is 6.61 Å². The van der Waals surface area contributed by atoms with Crippen molar-refractivity contribution >= 4 is 33.3 Å². The Bertz CT molecular complexity index is 1200. The summed E-state index contributed by atoms with van der Waals surface area (Å²) in [5.41, 5.74) is 3.18. The summed E-state index contributed by atoms with van der Waals surface area (Å²) in [5, 5.41) is 37.9. The van der Waals surface area contributed by atoms with Gasteiger partial charge in [0.1, 0.15) is 22.4 Å². The second-order valence-electron chi connectivity index (χ2n) is 9.73. The van der Waals surface area contributed by atoms with E-state index in [1.54, 1.807) is 6.20 Å². The highest BCUT2D eigenvalue weighted by Crippen LogP contribution is 2.38. The SMILES string of the molecule is Cc1nc(NCCOC2CCCC2)nc(N[C@@H]2C[C@H](CO)[C@@H](O)[C@H]2O)c1-c1nc2c(C)nccc2s1. The van der Waals surface area contributed by atoms with Crippen molar-refractivity contribution in [1.29, 1.82) is 0 Å². The highest BCUT2D eigenvalue weighted by Gasteiger charge is 2.41. The van der Waals surface area contributed by atoms with Gasteiger partial charge in [0.2, 0.25) is 5.95 Å². The van der Waals surface area contributed by atoms with Crippen LogP contribution in [0.15, 0.2) is 12.3 Å². The first-order chi connectivity index (χ1) is 17.4. The minimum absolute atomic E-state index is 0.190. The number of anilines is 2. The molecule has 0 aliphatic heterocycles. The van der Waals surface area contributed by atoms with Crippen molar-refractivity contribution in [2.45, 2.75) is 70.3 Å². The van der Waals surface area contributed by atoms with Crippen LogP contribution in [0.25, 0.3) is 20.8 Å². The number of aliphatic hydroxyl groups excluding tert-OH is 3. The second kappa shape index (κ2) is 10.9. The molecule has 5 rings (SSSR count). The Hall–Kier alpha value is -2.44. The quantitative estimate of drug-likeness (QED) is 0.270. The number of aromatic nitrogens is 4. The van der Waals surface area contributed by atoms with Crippen molar-refractivity contribution in [1.82, 2.24) is 19.9 Å². The Morgan fingerprint density at radius 1 is 1.08 bits per heavy atom. The van der Waals surface area contributed by atoms with Crippen LogP contribution in [0.5, 0.6) is 0 Å². The predicted octanol–water partition coefficient (Wildman–Crippen LogP) is 2.65. The van der Waals surface area contributed by atoms with E-state index in [1.165, 1.54) is 24.2 Å². The average Bonchev–Trinajstić information content (AvgIpc) is 3.59. The maximum atomic E-state index is 10.6. The Kier molecular flexibility index (Phi) is 7.63. The molecular weight excluding hydrogens is 480 g/mol. The van der Waals surface area contributed by atoms with Gasteiger partial charge in [0.25, 0.3) is 0 Å². The fraction of sp³-hybridized carbons (Fsp3) is 0.600. The topological polar surface area (TPSA) is 146 Å². The van der Waals surface area contributed by atoms with Gasteiger partial charge in [-0.05, 0) is 39.2 Å². The summed E-state index contributed by atoms with van der Waals surface area (Å²) in [6, 6.07) is 1.47. The van der Waals surface area contributed by atoms with Crippen molar-refractivity contribution in [2.75, 3.05) is 30.4 Å². The Morgan fingerprint density at radius 2 is 1.89 bits per heavy atom. The minimum Gasteiger partial charge on any atom is -0.396 e. The highest BCUT2D eigenvalue weighted by atomic mass is 32.1. The molecule has 0 bridgehead atoms. The molecular formula is C25H34N6O4S. The first kappa shape index (κ1) is 25.2. The van der Waals surface area contributed by atoms with Crippen LogP contribution in [0, 0.1) is 19.8 Å². The monoisotopic (exact) mass is 514 g/mol. The van der Waals surface area contributed by atoms with E-state index in [9.17, 15) is 15.3 Å². The van der Waals surface area contributed by atoms with Crippen LogP contribution < -0.4 is 10.6 Å². The molecule has 3 heterocycles. The molecule has 36 heavy (non-hydrogen) atoms.